The molecule has 0 amide bonds. The largest absolute Gasteiger partial charge is 0.459 e. The average molecular weight is 461 g/mol. The highest BCUT2D eigenvalue weighted by Crippen LogP contribution is 2.47. The molecule has 6 nitrogen and oxygen atoms in total. The molecule has 1 saturated heterocycles. The number of ether oxygens (including phenoxy) is 2. The van der Waals surface area contributed by atoms with Crippen LogP contribution in [-0.4, -0.2) is 50.8 Å². The first-order valence-electron chi connectivity index (χ1n) is 12.6. The zero-order valence-electron chi connectivity index (χ0n) is 21.0. The Labute approximate surface area is 202 Å². The predicted molar refractivity (Wildman–Crippen MR) is 135 cm³/mol. The minimum Gasteiger partial charge on any atom is -0.459 e. The van der Waals surface area contributed by atoms with Gasteiger partial charge in [0, 0.05) is 5.41 Å². The van der Waals surface area contributed by atoms with E-state index in [0.29, 0.717) is 6.04 Å². The number of fused-ring (bicyclic) bond motifs is 6. The zero-order valence-corrected chi connectivity index (χ0v) is 21.0. The van der Waals surface area contributed by atoms with E-state index in [1.165, 1.54) is 5.52 Å². The number of nitrogens with zero attached hydrogens (tertiary/aromatic N) is 4. The summed E-state index contributed by atoms with van der Waals surface area (Å²) in [6.45, 7) is 13.5. The second-order valence-corrected chi connectivity index (χ2v) is 12.1. The molecule has 0 saturated carbocycles. The lowest BCUT2D eigenvalue weighted by Gasteiger charge is -2.42. The van der Waals surface area contributed by atoms with Crippen LogP contribution in [0.3, 0.4) is 0 Å². The van der Waals surface area contributed by atoms with Crippen LogP contribution in [0.2, 0.25) is 0 Å². The van der Waals surface area contributed by atoms with Gasteiger partial charge in [-0.1, -0.05) is 64.1 Å². The lowest BCUT2D eigenvalue weighted by atomic mass is 9.68. The fourth-order valence-corrected chi connectivity index (χ4v) is 5.94. The maximum Gasteiger partial charge on any atom is 0.297 e. The molecule has 180 valence electrons. The van der Waals surface area contributed by atoms with Crippen LogP contribution in [0, 0.1) is 10.8 Å². The first-order valence-corrected chi connectivity index (χ1v) is 12.6. The number of imidazole rings is 1. The van der Waals surface area contributed by atoms with Crippen molar-refractivity contribution in [1.29, 1.82) is 0 Å². The van der Waals surface area contributed by atoms with Gasteiger partial charge in [0.2, 0.25) is 0 Å². The Bertz CT molecular complexity index is 1210. The van der Waals surface area contributed by atoms with E-state index in [0.717, 1.165) is 49.9 Å². The van der Waals surface area contributed by atoms with E-state index in [9.17, 15) is 0 Å². The first-order chi connectivity index (χ1) is 16.1. The molecule has 0 N–H and O–H groups in total. The van der Waals surface area contributed by atoms with Gasteiger partial charge in [-0.05, 0) is 43.7 Å². The molecule has 0 spiro atoms. The molecule has 4 heterocycles. The number of aliphatic imine (C=N–C) groups is 1. The fraction of sp³-hybridized carbons (Fsp3) is 0.571. The van der Waals surface area contributed by atoms with Crippen molar-refractivity contribution in [1.82, 2.24) is 14.5 Å². The standard InChI is InChI=1S/C28H36N4O2/c1-26(2,16-19-17-31-22-12-8-6-10-20(22)29-24(31)33-19)14-15-27(3,4)28(5)18-32-23-13-9-7-11-21(23)30-25(32)34-28/h6-13,19,21,23H,14-18H2,1-5H3. The van der Waals surface area contributed by atoms with Crippen molar-refractivity contribution in [2.45, 2.75) is 84.2 Å². The summed E-state index contributed by atoms with van der Waals surface area (Å²) in [4.78, 5) is 11.9. The summed E-state index contributed by atoms with van der Waals surface area (Å²) in [5.41, 5.74) is 2.09. The maximum absolute atomic E-state index is 6.57. The maximum atomic E-state index is 6.57. The molecule has 1 aromatic heterocycles. The van der Waals surface area contributed by atoms with Crippen LogP contribution in [0.4, 0.5) is 0 Å². The van der Waals surface area contributed by atoms with Crippen LogP contribution in [0.1, 0.15) is 53.9 Å². The molecule has 1 aromatic carbocycles. The molecule has 2 aromatic rings. The topological polar surface area (TPSA) is 51.9 Å². The molecule has 4 unspecified atom stereocenters. The smallest absolute Gasteiger partial charge is 0.297 e. The molecule has 1 fully saturated rings. The van der Waals surface area contributed by atoms with Crippen molar-refractivity contribution in [3.8, 4) is 6.01 Å². The summed E-state index contributed by atoms with van der Waals surface area (Å²) >= 11 is 0. The van der Waals surface area contributed by atoms with Crippen LogP contribution in [0.15, 0.2) is 53.6 Å². The van der Waals surface area contributed by atoms with E-state index >= 15 is 0 Å². The average Bonchev–Trinajstić information content (AvgIpc) is 3.50. The molecule has 6 rings (SSSR count). The number of hydrogen-bond acceptors (Lipinski definition) is 5. The van der Waals surface area contributed by atoms with E-state index in [-0.39, 0.29) is 28.6 Å². The summed E-state index contributed by atoms with van der Waals surface area (Å²) in [6.07, 6.45) is 12.0. The van der Waals surface area contributed by atoms with Crippen molar-refractivity contribution in [3.05, 3.63) is 48.6 Å². The van der Waals surface area contributed by atoms with E-state index in [1.807, 2.05) is 6.07 Å². The van der Waals surface area contributed by atoms with Gasteiger partial charge in [-0.2, -0.15) is 4.98 Å². The van der Waals surface area contributed by atoms with Gasteiger partial charge in [0.05, 0.1) is 36.2 Å². The number of benzene rings is 1. The van der Waals surface area contributed by atoms with Gasteiger partial charge < -0.3 is 14.4 Å². The summed E-state index contributed by atoms with van der Waals surface area (Å²) in [7, 11) is 0. The van der Waals surface area contributed by atoms with Crippen molar-refractivity contribution >= 4 is 17.1 Å². The number of para-hydroxylation sites is 2. The number of aromatic nitrogens is 2. The molecule has 34 heavy (non-hydrogen) atoms. The molecule has 4 aliphatic rings. The third kappa shape index (κ3) is 3.45. The fourth-order valence-electron chi connectivity index (χ4n) is 5.94. The van der Waals surface area contributed by atoms with Gasteiger partial charge in [0.1, 0.15) is 11.7 Å². The van der Waals surface area contributed by atoms with Crippen LogP contribution < -0.4 is 4.74 Å². The Kier molecular flexibility index (Phi) is 4.71. The van der Waals surface area contributed by atoms with Crippen molar-refractivity contribution < 1.29 is 9.47 Å². The van der Waals surface area contributed by atoms with Crippen LogP contribution in [0.25, 0.3) is 11.0 Å². The highest BCUT2D eigenvalue weighted by molar-refractivity contribution is 5.80. The Hall–Kier alpha value is -2.76. The number of hydrogen-bond donors (Lipinski definition) is 0. The van der Waals surface area contributed by atoms with Gasteiger partial charge in [-0.15, -0.1) is 0 Å². The van der Waals surface area contributed by atoms with Gasteiger partial charge in [-0.25, -0.2) is 4.99 Å². The Morgan fingerprint density at radius 2 is 1.88 bits per heavy atom. The Morgan fingerprint density at radius 3 is 2.74 bits per heavy atom. The zero-order chi connectivity index (χ0) is 23.7. The SMILES string of the molecule is CC(C)(CCC(C)(C)C1(C)CN2C(=NC3C=CC=CC32)O1)CC1Cn2c(nc3ccccc32)O1. The Morgan fingerprint density at radius 1 is 1.09 bits per heavy atom. The van der Waals surface area contributed by atoms with Gasteiger partial charge >= 0.3 is 0 Å². The highest BCUT2D eigenvalue weighted by atomic mass is 16.5. The summed E-state index contributed by atoms with van der Waals surface area (Å²) in [5, 5.41) is 0. The minimum atomic E-state index is -0.257. The molecular formula is C28H36N4O2. The third-order valence-electron chi connectivity index (χ3n) is 8.65. The molecule has 4 atom stereocenters. The normalized spacial score (nSPS) is 29.6. The second kappa shape index (κ2) is 7.37. The van der Waals surface area contributed by atoms with Crippen LogP contribution in [0.5, 0.6) is 6.01 Å². The van der Waals surface area contributed by atoms with Gasteiger partial charge in [-0.3, -0.25) is 4.57 Å². The first kappa shape index (κ1) is 21.8. The summed E-state index contributed by atoms with van der Waals surface area (Å²) in [6, 6.07) is 10.4. The lowest BCUT2D eigenvalue weighted by molar-refractivity contribution is -0.0266. The molecule has 1 aliphatic carbocycles. The molecular weight excluding hydrogens is 424 g/mol. The van der Waals surface area contributed by atoms with Gasteiger partial charge in [0.25, 0.3) is 12.0 Å². The van der Waals surface area contributed by atoms with Gasteiger partial charge in [0.15, 0.2) is 0 Å². The number of rotatable bonds is 6. The monoisotopic (exact) mass is 460 g/mol. The quantitative estimate of drug-likeness (QED) is 0.584. The molecule has 3 aliphatic heterocycles. The van der Waals surface area contributed by atoms with Crippen LogP contribution in [-0.2, 0) is 11.3 Å². The summed E-state index contributed by atoms with van der Waals surface area (Å²) < 4.78 is 15.1. The molecule has 0 bridgehead atoms. The van der Waals surface area contributed by atoms with E-state index in [1.54, 1.807) is 0 Å². The van der Waals surface area contributed by atoms with E-state index < -0.39 is 0 Å². The van der Waals surface area contributed by atoms with Crippen LogP contribution >= 0.6 is 0 Å². The highest BCUT2D eigenvalue weighted by Gasteiger charge is 2.54. The second-order valence-electron chi connectivity index (χ2n) is 12.1. The lowest BCUT2D eigenvalue weighted by Crippen LogP contribution is -2.48. The molecule has 6 heteroatoms. The third-order valence-corrected chi connectivity index (χ3v) is 8.65. The molecule has 0 radical (unpaired) electrons. The van der Waals surface area contributed by atoms with E-state index in [2.05, 4.69) is 91.6 Å². The van der Waals surface area contributed by atoms with E-state index in [4.69, 9.17) is 14.5 Å². The van der Waals surface area contributed by atoms with Crippen molar-refractivity contribution in [2.24, 2.45) is 15.8 Å². The number of allylic oxidation sites excluding steroid dienone is 2. The van der Waals surface area contributed by atoms with Crippen molar-refractivity contribution in [2.75, 3.05) is 6.54 Å². The number of amidine groups is 1. The Balaban J connectivity index is 1.09. The minimum absolute atomic E-state index is 0.0143. The summed E-state index contributed by atoms with van der Waals surface area (Å²) in [5.74, 6) is 0. The predicted octanol–water partition coefficient (Wildman–Crippen LogP) is 5.34. The van der Waals surface area contributed by atoms with Crippen molar-refractivity contribution in [3.63, 3.8) is 0 Å².